The summed E-state index contributed by atoms with van der Waals surface area (Å²) in [6, 6.07) is 3.26. The van der Waals surface area contributed by atoms with Gasteiger partial charge in [-0.3, -0.25) is 5.32 Å². The Hall–Kier alpha value is -1.23. The molecule has 0 saturated heterocycles. The lowest BCUT2D eigenvalue weighted by molar-refractivity contribution is 0.210. The Morgan fingerprint density at radius 1 is 1.62 bits per heavy atom. The first kappa shape index (κ1) is 9.85. The van der Waals surface area contributed by atoms with Crippen LogP contribution in [-0.4, -0.2) is 11.2 Å². The molecule has 1 amide bonds. The van der Waals surface area contributed by atoms with Crippen molar-refractivity contribution in [2.24, 2.45) is 0 Å². The molecule has 13 heavy (non-hydrogen) atoms. The number of rotatable bonds is 1. The Balaban J connectivity index is 3.06. The van der Waals surface area contributed by atoms with Crippen molar-refractivity contribution in [3.63, 3.8) is 0 Å². The molecule has 0 unspecified atom stereocenters. The minimum absolute atomic E-state index is 0.478. The molecule has 0 aliphatic heterocycles. The fraction of sp³-hybridized carbons (Fsp3) is 0.125. The molecule has 0 atom stereocenters. The topological polar surface area (TPSA) is 75.3 Å². The van der Waals surface area contributed by atoms with Crippen LogP contribution in [0, 0.1) is 6.92 Å². The SMILES string of the molecule is Cc1cc(NC(=O)O)cc(N)c1Br. The van der Waals surface area contributed by atoms with Gasteiger partial charge >= 0.3 is 6.09 Å². The number of aryl methyl sites for hydroxylation is 1. The van der Waals surface area contributed by atoms with Gasteiger partial charge in [-0.25, -0.2) is 4.79 Å². The molecule has 0 bridgehead atoms. The normalized spacial score (nSPS) is 9.69. The summed E-state index contributed by atoms with van der Waals surface area (Å²) >= 11 is 3.28. The fourth-order valence-electron chi connectivity index (χ4n) is 0.992. The van der Waals surface area contributed by atoms with E-state index in [1.807, 2.05) is 6.92 Å². The standard InChI is InChI=1S/C8H9BrN2O2/c1-4-2-5(11-8(12)13)3-6(10)7(4)9/h2-3,11H,10H2,1H3,(H,12,13). The second-order valence-corrected chi connectivity index (χ2v) is 3.42. The van der Waals surface area contributed by atoms with Crippen LogP contribution in [-0.2, 0) is 0 Å². The van der Waals surface area contributed by atoms with Crippen molar-refractivity contribution in [3.05, 3.63) is 22.2 Å². The zero-order chi connectivity index (χ0) is 10.0. The number of halogens is 1. The van der Waals surface area contributed by atoms with E-state index >= 15 is 0 Å². The number of nitrogens with one attached hydrogen (secondary N) is 1. The first-order valence-electron chi connectivity index (χ1n) is 3.56. The largest absolute Gasteiger partial charge is 0.465 e. The number of benzene rings is 1. The molecule has 0 aliphatic rings. The summed E-state index contributed by atoms with van der Waals surface area (Å²) in [5.74, 6) is 0. The van der Waals surface area contributed by atoms with E-state index in [1.54, 1.807) is 12.1 Å². The van der Waals surface area contributed by atoms with Crippen LogP contribution in [0.4, 0.5) is 16.2 Å². The first-order valence-corrected chi connectivity index (χ1v) is 4.35. The highest BCUT2D eigenvalue weighted by Crippen LogP contribution is 2.27. The first-order chi connectivity index (χ1) is 6.00. The molecular formula is C8H9BrN2O2. The second-order valence-electron chi connectivity index (χ2n) is 2.63. The molecule has 1 aromatic rings. The lowest BCUT2D eigenvalue weighted by Crippen LogP contribution is -2.07. The lowest BCUT2D eigenvalue weighted by atomic mass is 10.2. The van der Waals surface area contributed by atoms with Gasteiger partial charge in [0.25, 0.3) is 0 Å². The molecule has 4 N–H and O–H groups in total. The van der Waals surface area contributed by atoms with E-state index in [1.165, 1.54) is 0 Å². The molecule has 70 valence electrons. The molecule has 0 saturated carbocycles. The molecule has 0 fully saturated rings. The number of carbonyl (C=O) groups is 1. The maximum Gasteiger partial charge on any atom is 0.409 e. The van der Waals surface area contributed by atoms with Crippen LogP contribution in [0.1, 0.15) is 5.56 Å². The number of anilines is 2. The maximum absolute atomic E-state index is 10.3. The zero-order valence-corrected chi connectivity index (χ0v) is 8.55. The quantitative estimate of drug-likeness (QED) is 0.665. The predicted octanol–water partition coefficient (Wildman–Crippen LogP) is 2.43. The Bertz CT molecular complexity index is 329. The van der Waals surface area contributed by atoms with Gasteiger partial charge in [-0.2, -0.15) is 0 Å². The summed E-state index contributed by atoms with van der Waals surface area (Å²) in [6.07, 6.45) is -1.10. The second kappa shape index (κ2) is 3.66. The molecule has 0 heterocycles. The van der Waals surface area contributed by atoms with Gasteiger partial charge in [-0.15, -0.1) is 0 Å². The van der Waals surface area contributed by atoms with E-state index in [9.17, 15) is 4.79 Å². The summed E-state index contributed by atoms with van der Waals surface area (Å²) in [5, 5.41) is 10.7. The highest BCUT2D eigenvalue weighted by molar-refractivity contribution is 9.10. The number of carboxylic acid groups (broad SMARTS) is 1. The van der Waals surface area contributed by atoms with Crippen LogP contribution in [0.5, 0.6) is 0 Å². The minimum Gasteiger partial charge on any atom is -0.465 e. The van der Waals surface area contributed by atoms with E-state index in [4.69, 9.17) is 10.8 Å². The van der Waals surface area contributed by atoms with E-state index < -0.39 is 6.09 Å². The van der Waals surface area contributed by atoms with Gasteiger partial charge in [-0.1, -0.05) is 0 Å². The van der Waals surface area contributed by atoms with Crippen molar-refractivity contribution in [2.75, 3.05) is 11.1 Å². The zero-order valence-electron chi connectivity index (χ0n) is 6.97. The highest BCUT2D eigenvalue weighted by Gasteiger charge is 2.04. The van der Waals surface area contributed by atoms with Gasteiger partial charge in [0, 0.05) is 15.8 Å². The van der Waals surface area contributed by atoms with Gasteiger partial charge in [0.05, 0.1) is 0 Å². The number of hydrogen-bond donors (Lipinski definition) is 3. The average molecular weight is 245 g/mol. The van der Waals surface area contributed by atoms with Crippen molar-refractivity contribution >= 4 is 33.4 Å². The Morgan fingerprint density at radius 2 is 2.23 bits per heavy atom. The van der Waals surface area contributed by atoms with Gasteiger partial charge in [0.1, 0.15) is 0 Å². The summed E-state index contributed by atoms with van der Waals surface area (Å²) in [5.41, 5.74) is 7.50. The summed E-state index contributed by atoms with van der Waals surface area (Å²) in [6.45, 7) is 1.84. The molecule has 4 nitrogen and oxygen atoms in total. The third kappa shape index (κ3) is 2.35. The van der Waals surface area contributed by atoms with Crippen LogP contribution < -0.4 is 11.1 Å². The van der Waals surface area contributed by atoms with Crippen molar-refractivity contribution in [1.29, 1.82) is 0 Å². The van der Waals surface area contributed by atoms with Crippen molar-refractivity contribution in [3.8, 4) is 0 Å². The molecule has 1 rings (SSSR count). The molecule has 0 radical (unpaired) electrons. The van der Waals surface area contributed by atoms with E-state index in [0.29, 0.717) is 11.4 Å². The summed E-state index contributed by atoms with van der Waals surface area (Å²) in [7, 11) is 0. The molecule has 0 aliphatic carbocycles. The monoisotopic (exact) mass is 244 g/mol. The molecule has 0 spiro atoms. The van der Waals surface area contributed by atoms with Gasteiger partial charge in [0.2, 0.25) is 0 Å². The summed E-state index contributed by atoms with van der Waals surface area (Å²) < 4.78 is 0.795. The van der Waals surface area contributed by atoms with E-state index in [-0.39, 0.29) is 0 Å². The predicted molar refractivity (Wildman–Crippen MR) is 54.9 cm³/mol. The Morgan fingerprint density at radius 3 is 2.69 bits per heavy atom. The van der Waals surface area contributed by atoms with E-state index in [2.05, 4.69) is 21.2 Å². The van der Waals surface area contributed by atoms with Crippen molar-refractivity contribution in [2.45, 2.75) is 6.92 Å². The smallest absolute Gasteiger partial charge is 0.409 e. The number of nitrogen functional groups attached to an aromatic ring is 1. The summed E-state index contributed by atoms with van der Waals surface area (Å²) in [4.78, 5) is 10.3. The molecule has 1 aromatic carbocycles. The van der Waals surface area contributed by atoms with E-state index in [0.717, 1.165) is 10.0 Å². The Labute approximate surface area is 83.9 Å². The number of amides is 1. The van der Waals surface area contributed by atoms with Gasteiger partial charge < -0.3 is 10.8 Å². The van der Waals surface area contributed by atoms with Crippen LogP contribution in [0.2, 0.25) is 0 Å². The molecule has 0 aromatic heterocycles. The third-order valence-electron chi connectivity index (χ3n) is 1.53. The van der Waals surface area contributed by atoms with Gasteiger partial charge in [0.15, 0.2) is 0 Å². The Kier molecular flexibility index (Phi) is 2.77. The molecular weight excluding hydrogens is 236 g/mol. The van der Waals surface area contributed by atoms with Gasteiger partial charge in [-0.05, 0) is 40.5 Å². The van der Waals surface area contributed by atoms with Crippen LogP contribution in [0.25, 0.3) is 0 Å². The van der Waals surface area contributed by atoms with Crippen molar-refractivity contribution < 1.29 is 9.90 Å². The van der Waals surface area contributed by atoms with Crippen molar-refractivity contribution in [1.82, 2.24) is 0 Å². The highest BCUT2D eigenvalue weighted by atomic mass is 79.9. The van der Waals surface area contributed by atoms with Crippen LogP contribution in [0.3, 0.4) is 0 Å². The average Bonchev–Trinajstić information content (AvgIpc) is 1.98. The molecule has 5 heteroatoms. The van der Waals surface area contributed by atoms with Crippen LogP contribution in [0.15, 0.2) is 16.6 Å². The maximum atomic E-state index is 10.3. The fourth-order valence-corrected chi connectivity index (χ4v) is 1.22. The lowest BCUT2D eigenvalue weighted by Gasteiger charge is -2.06. The van der Waals surface area contributed by atoms with Crippen LogP contribution >= 0.6 is 15.9 Å². The minimum atomic E-state index is -1.10. The third-order valence-corrected chi connectivity index (χ3v) is 2.62. The number of hydrogen-bond acceptors (Lipinski definition) is 2. The number of nitrogens with two attached hydrogens (primary N) is 1.